The zero-order valence-corrected chi connectivity index (χ0v) is 11.5. The summed E-state index contributed by atoms with van der Waals surface area (Å²) in [6.07, 6.45) is -4.44. The van der Waals surface area contributed by atoms with Crippen LogP contribution in [-0.2, 0) is 6.18 Å². The van der Waals surface area contributed by atoms with E-state index in [2.05, 4.69) is 21.2 Å². The fraction of sp³-hybridized carbons (Fsp3) is 0.417. The molecule has 1 rings (SSSR count). The fourth-order valence-corrected chi connectivity index (χ4v) is 1.39. The second-order valence-electron chi connectivity index (χ2n) is 4.55. The van der Waals surface area contributed by atoms with Gasteiger partial charge in [0, 0.05) is 16.4 Å². The lowest BCUT2D eigenvalue weighted by molar-refractivity contribution is -0.137. The lowest BCUT2D eigenvalue weighted by Crippen LogP contribution is -2.44. The lowest BCUT2D eigenvalue weighted by atomic mass is 10.1. The number of hydrogen-bond donors (Lipinski definition) is 1. The van der Waals surface area contributed by atoms with Crippen molar-refractivity contribution in [3.63, 3.8) is 0 Å². The molecule has 1 aromatic carbocycles. The fourth-order valence-electron chi connectivity index (χ4n) is 1.25. The number of rotatable bonds is 3. The zero-order chi connectivity index (χ0) is 14.0. The molecule has 0 atom stereocenters. The molecule has 0 bridgehead atoms. The third-order valence-corrected chi connectivity index (χ3v) is 3.64. The van der Waals surface area contributed by atoms with Gasteiger partial charge in [-0.1, -0.05) is 22.0 Å². The van der Waals surface area contributed by atoms with E-state index in [-0.39, 0.29) is 5.56 Å². The Morgan fingerprint density at radius 3 is 2.44 bits per heavy atom. The summed E-state index contributed by atoms with van der Waals surface area (Å²) in [7, 11) is 0. The standard InChI is InChI=1S/C12H13BrF3NO/c1-11(2,7-13)17-10(18)8-4-3-5-9(6-8)12(14,15)16/h3-6H,7H2,1-2H3,(H,17,18). The van der Waals surface area contributed by atoms with Crippen molar-refractivity contribution in [1.29, 1.82) is 0 Å². The van der Waals surface area contributed by atoms with Crippen LogP contribution in [0, 0.1) is 0 Å². The summed E-state index contributed by atoms with van der Waals surface area (Å²) >= 11 is 3.22. The van der Waals surface area contributed by atoms with Gasteiger partial charge in [0.25, 0.3) is 5.91 Å². The van der Waals surface area contributed by atoms with Gasteiger partial charge in [0.05, 0.1) is 5.56 Å². The third kappa shape index (κ3) is 4.01. The highest BCUT2D eigenvalue weighted by atomic mass is 79.9. The summed E-state index contributed by atoms with van der Waals surface area (Å²) in [6.45, 7) is 3.54. The van der Waals surface area contributed by atoms with Crippen LogP contribution in [0.25, 0.3) is 0 Å². The van der Waals surface area contributed by atoms with Gasteiger partial charge in [-0.05, 0) is 32.0 Å². The monoisotopic (exact) mass is 323 g/mol. The number of carbonyl (C=O) groups is 1. The van der Waals surface area contributed by atoms with E-state index in [4.69, 9.17) is 0 Å². The Balaban J connectivity index is 2.94. The maximum atomic E-state index is 12.5. The Bertz CT molecular complexity index is 443. The van der Waals surface area contributed by atoms with E-state index in [0.29, 0.717) is 5.33 Å². The Labute approximate surface area is 112 Å². The van der Waals surface area contributed by atoms with Crippen molar-refractivity contribution in [1.82, 2.24) is 5.32 Å². The smallest absolute Gasteiger partial charge is 0.346 e. The number of nitrogens with one attached hydrogen (secondary N) is 1. The lowest BCUT2D eigenvalue weighted by Gasteiger charge is -2.23. The number of halogens is 4. The minimum atomic E-state index is -4.44. The summed E-state index contributed by atoms with van der Waals surface area (Å²) in [5.41, 5.74) is -1.35. The van der Waals surface area contributed by atoms with Crippen molar-refractivity contribution < 1.29 is 18.0 Å². The van der Waals surface area contributed by atoms with Gasteiger partial charge in [-0.3, -0.25) is 4.79 Å². The molecule has 0 saturated heterocycles. The van der Waals surface area contributed by atoms with Crippen LogP contribution >= 0.6 is 15.9 Å². The summed E-state index contributed by atoms with van der Waals surface area (Å²) in [5.74, 6) is -0.523. The average molecular weight is 324 g/mol. The third-order valence-electron chi connectivity index (χ3n) is 2.24. The average Bonchev–Trinajstić information content (AvgIpc) is 2.27. The van der Waals surface area contributed by atoms with Crippen LogP contribution in [0.15, 0.2) is 24.3 Å². The molecule has 1 aromatic rings. The predicted octanol–water partition coefficient (Wildman–Crippen LogP) is 3.61. The van der Waals surface area contributed by atoms with Crippen LogP contribution in [0.2, 0.25) is 0 Å². The molecule has 1 N–H and O–H groups in total. The maximum absolute atomic E-state index is 12.5. The number of benzene rings is 1. The molecule has 0 heterocycles. The maximum Gasteiger partial charge on any atom is 0.416 e. The van der Waals surface area contributed by atoms with Crippen molar-refractivity contribution in [3.05, 3.63) is 35.4 Å². The van der Waals surface area contributed by atoms with Crippen LogP contribution in [0.5, 0.6) is 0 Å². The Kier molecular flexibility index (Phi) is 4.42. The van der Waals surface area contributed by atoms with E-state index < -0.39 is 23.2 Å². The van der Waals surface area contributed by atoms with E-state index in [1.807, 2.05) is 0 Å². The first-order valence-electron chi connectivity index (χ1n) is 5.21. The van der Waals surface area contributed by atoms with Crippen molar-refractivity contribution in [2.24, 2.45) is 0 Å². The second-order valence-corrected chi connectivity index (χ2v) is 5.11. The zero-order valence-electron chi connectivity index (χ0n) is 9.94. The van der Waals surface area contributed by atoms with Crippen molar-refractivity contribution >= 4 is 21.8 Å². The van der Waals surface area contributed by atoms with Gasteiger partial charge in [0.15, 0.2) is 0 Å². The molecule has 18 heavy (non-hydrogen) atoms. The topological polar surface area (TPSA) is 29.1 Å². The first-order chi connectivity index (χ1) is 8.15. The molecule has 100 valence electrons. The first-order valence-corrected chi connectivity index (χ1v) is 6.33. The Morgan fingerprint density at radius 1 is 1.33 bits per heavy atom. The van der Waals surface area contributed by atoms with Gasteiger partial charge in [-0.15, -0.1) is 0 Å². The Hall–Kier alpha value is -1.04. The van der Waals surface area contributed by atoms with E-state index in [9.17, 15) is 18.0 Å². The van der Waals surface area contributed by atoms with Crippen molar-refractivity contribution in [2.45, 2.75) is 25.6 Å². The van der Waals surface area contributed by atoms with E-state index >= 15 is 0 Å². The van der Waals surface area contributed by atoms with E-state index in [0.717, 1.165) is 12.1 Å². The van der Waals surface area contributed by atoms with Gasteiger partial charge in [0.2, 0.25) is 0 Å². The highest BCUT2D eigenvalue weighted by Crippen LogP contribution is 2.29. The SMILES string of the molecule is CC(C)(CBr)NC(=O)c1cccc(C(F)(F)F)c1. The van der Waals surface area contributed by atoms with Crippen LogP contribution < -0.4 is 5.32 Å². The molecule has 2 nitrogen and oxygen atoms in total. The van der Waals surface area contributed by atoms with Crippen LogP contribution in [-0.4, -0.2) is 16.8 Å². The largest absolute Gasteiger partial charge is 0.416 e. The summed E-state index contributed by atoms with van der Waals surface area (Å²) < 4.78 is 37.5. The van der Waals surface area contributed by atoms with E-state index in [1.165, 1.54) is 12.1 Å². The van der Waals surface area contributed by atoms with Crippen molar-refractivity contribution in [3.8, 4) is 0 Å². The second kappa shape index (κ2) is 5.30. The van der Waals surface area contributed by atoms with Crippen molar-refractivity contribution in [2.75, 3.05) is 5.33 Å². The molecular weight excluding hydrogens is 311 g/mol. The quantitative estimate of drug-likeness (QED) is 0.846. The minimum absolute atomic E-state index is 0.00106. The number of hydrogen-bond acceptors (Lipinski definition) is 1. The van der Waals surface area contributed by atoms with Gasteiger partial charge < -0.3 is 5.32 Å². The summed E-state index contributed by atoms with van der Waals surface area (Å²) in [5, 5.41) is 3.15. The summed E-state index contributed by atoms with van der Waals surface area (Å²) in [4.78, 5) is 11.8. The van der Waals surface area contributed by atoms with Gasteiger partial charge in [-0.2, -0.15) is 13.2 Å². The molecule has 1 amide bonds. The Morgan fingerprint density at radius 2 is 1.94 bits per heavy atom. The molecule has 0 aromatic heterocycles. The van der Waals surface area contributed by atoms with Crippen LogP contribution in [0.4, 0.5) is 13.2 Å². The first kappa shape index (κ1) is 15.0. The predicted molar refractivity (Wildman–Crippen MR) is 66.8 cm³/mol. The molecule has 6 heteroatoms. The van der Waals surface area contributed by atoms with Gasteiger partial charge >= 0.3 is 6.18 Å². The van der Waals surface area contributed by atoms with Gasteiger partial charge in [-0.25, -0.2) is 0 Å². The van der Waals surface area contributed by atoms with Crippen LogP contribution in [0.3, 0.4) is 0 Å². The molecule has 0 aliphatic heterocycles. The molecule has 0 radical (unpaired) electrons. The number of alkyl halides is 4. The molecule has 0 saturated carbocycles. The molecular formula is C12H13BrF3NO. The summed E-state index contributed by atoms with van der Waals surface area (Å²) in [6, 6.07) is 4.36. The molecule has 0 fully saturated rings. The molecule has 0 unspecified atom stereocenters. The number of carbonyl (C=O) groups excluding carboxylic acids is 1. The normalized spacial score (nSPS) is 12.3. The van der Waals surface area contributed by atoms with Crippen LogP contribution in [0.1, 0.15) is 29.8 Å². The highest BCUT2D eigenvalue weighted by Gasteiger charge is 2.31. The highest BCUT2D eigenvalue weighted by molar-refractivity contribution is 9.09. The molecule has 0 aliphatic carbocycles. The minimum Gasteiger partial charge on any atom is -0.346 e. The van der Waals surface area contributed by atoms with E-state index in [1.54, 1.807) is 13.8 Å². The molecule has 0 aliphatic rings. The number of amides is 1. The van der Waals surface area contributed by atoms with Gasteiger partial charge in [0.1, 0.15) is 0 Å². The molecule has 0 spiro atoms.